The maximum atomic E-state index is 6.31. The monoisotopic (exact) mass is 252 g/mol. The van der Waals surface area contributed by atoms with Gasteiger partial charge in [0, 0.05) is 5.92 Å². The van der Waals surface area contributed by atoms with Gasteiger partial charge >= 0.3 is 0 Å². The second-order valence-electron chi connectivity index (χ2n) is 6.74. The average Bonchev–Trinajstić information content (AvgIpc) is 2.54. The minimum atomic E-state index is -1.61. The van der Waals surface area contributed by atoms with Gasteiger partial charge in [-0.25, -0.2) is 0 Å². The highest BCUT2D eigenvalue weighted by molar-refractivity contribution is 6.74. The Bertz CT molecular complexity index is 320. The van der Waals surface area contributed by atoms with Crippen molar-refractivity contribution in [2.24, 2.45) is 5.92 Å². The van der Waals surface area contributed by atoms with E-state index in [0.717, 1.165) is 6.61 Å². The van der Waals surface area contributed by atoms with Gasteiger partial charge in [-0.3, -0.25) is 0 Å². The van der Waals surface area contributed by atoms with Gasteiger partial charge < -0.3 is 4.43 Å². The minimum Gasteiger partial charge on any atom is -0.413 e. The Kier molecular flexibility index (Phi) is 4.42. The maximum Gasteiger partial charge on any atom is 0.192 e. The molecule has 0 amide bonds. The van der Waals surface area contributed by atoms with Gasteiger partial charge in [0.25, 0.3) is 0 Å². The molecule has 0 heterocycles. The molecule has 0 unspecified atom stereocenters. The van der Waals surface area contributed by atoms with Crippen LogP contribution in [0.4, 0.5) is 0 Å². The van der Waals surface area contributed by atoms with Crippen LogP contribution in [-0.2, 0) is 4.43 Å². The standard InChI is InChI=1S/C15H28OSi/c1-8-13-10-9-12(2)14(13)11-16-17(6,7)15(3,4)5/h8,13H,1,9-11H2,2-7H3/t13-/m1/s1. The lowest BCUT2D eigenvalue weighted by Gasteiger charge is -2.36. The average molecular weight is 252 g/mol. The maximum absolute atomic E-state index is 6.31. The molecular formula is C15H28OSi. The van der Waals surface area contributed by atoms with E-state index >= 15 is 0 Å². The first-order valence-corrected chi connectivity index (χ1v) is 9.55. The second-order valence-corrected chi connectivity index (χ2v) is 11.5. The van der Waals surface area contributed by atoms with Crippen LogP contribution in [0.1, 0.15) is 40.5 Å². The fourth-order valence-electron chi connectivity index (χ4n) is 1.99. The summed E-state index contributed by atoms with van der Waals surface area (Å²) in [7, 11) is -1.61. The molecule has 0 fully saturated rings. The molecule has 1 aliphatic rings. The van der Waals surface area contributed by atoms with E-state index in [1.165, 1.54) is 24.0 Å². The molecule has 0 bridgehead atoms. The number of hydrogen-bond acceptors (Lipinski definition) is 1. The van der Waals surface area contributed by atoms with Crippen LogP contribution < -0.4 is 0 Å². The normalized spacial score (nSPS) is 22.1. The molecule has 1 aliphatic carbocycles. The SMILES string of the molecule is C=C[C@@H]1CCC(C)=C1CO[Si](C)(C)C(C)(C)C. The highest BCUT2D eigenvalue weighted by atomic mass is 28.4. The van der Waals surface area contributed by atoms with E-state index in [4.69, 9.17) is 4.43 Å². The lowest BCUT2D eigenvalue weighted by molar-refractivity contribution is 0.310. The molecule has 0 radical (unpaired) electrons. The Labute approximate surface area is 108 Å². The van der Waals surface area contributed by atoms with E-state index in [-0.39, 0.29) is 0 Å². The van der Waals surface area contributed by atoms with Crippen molar-refractivity contribution in [3.8, 4) is 0 Å². The minimum absolute atomic E-state index is 0.295. The number of rotatable bonds is 4. The molecule has 1 atom stereocenters. The summed E-state index contributed by atoms with van der Waals surface area (Å²) in [5, 5.41) is 0.295. The smallest absolute Gasteiger partial charge is 0.192 e. The predicted octanol–water partition coefficient (Wildman–Crippen LogP) is 4.92. The molecule has 98 valence electrons. The topological polar surface area (TPSA) is 9.23 Å². The summed E-state index contributed by atoms with van der Waals surface area (Å²) in [5.41, 5.74) is 3.01. The van der Waals surface area contributed by atoms with Crippen LogP contribution in [0.15, 0.2) is 23.8 Å². The molecule has 0 aromatic heterocycles. The van der Waals surface area contributed by atoms with Crippen LogP contribution in [0.3, 0.4) is 0 Å². The van der Waals surface area contributed by atoms with Crippen molar-refractivity contribution in [1.82, 2.24) is 0 Å². The van der Waals surface area contributed by atoms with Crippen molar-refractivity contribution in [3.63, 3.8) is 0 Å². The van der Waals surface area contributed by atoms with Crippen LogP contribution in [0.5, 0.6) is 0 Å². The van der Waals surface area contributed by atoms with Crippen LogP contribution in [0.25, 0.3) is 0 Å². The van der Waals surface area contributed by atoms with Crippen molar-refractivity contribution in [2.45, 2.75) is 58.7 Å². The second kappa shape index (κ2) is 5.11. The van der Waals surface area contributed by atoms with Gasteiger partial charge in [0.05, 0.1) is 6.61 Å². The van der Waals surface area contributed by atoms with Crippen molar-refractivity contribution >= 4 is 8.32 Å². The van der Waals surface area contributed by atoms with Gasteiger partial charge in [-0.15, -0.1) is 6.58 Å². The molecule has 1 nitrogen and oxygen atoms in total. The first-order chi connectivity index (χ1) is 7.69. The van der Waals surface area contributed by atoms with Crippen LogP contribution >= 0.6 is 0 Å². The van der Waals surface area contributed by atoms with Gasteiger partial charge in [-0.2, -0.15) is 0 Å². The summed E-state index contributed by atoms with van der Waals surface area (Å²) in [6.07, 6.45) is 4.53. The Morgan fingerprint density at radius 1 is 1.41 bits per heavy atom. The summed E-state index contributed by atoms with van der Waals surface area (Å²) in [4.78, 5) is 0. The quantitative estimate of drug-likeness (QED) is 0.510. The lowest BCUT2D eigenvalue weighted by Crippen LogP contribution is -2.41. The molecule has 0 saturated carbocycles. The summed E-state index contributed by atoms with van der Waals surface area (Å²) in [5.74, 6) is 0.555. The van der Waals surface area contributed by atoms with Gasteiger partial charge in [0.1, 0.15) is 0 Å². The van der Waals surface area contributed by atoms with Crippen LogP contribution in [-0.4, -0.2) is 14.9 Å². The lowest BCUT2D eigenvalue weighted by atomic mass is 10.0. The van der Waals surface area contributed by atoms with Gasteiger partial charge in [-0.1, -0.05) is 32.4 Å². The third-order valence-corrected chi connectivity index (χ3v) is 8.98. The predicted molar refractivity (Wildman–Crippen MR) is 78.8 cm³/mol. The summed E-state index contributed by atoms with van der Waals surface area (Å²) >= 11 is 0. The molecule has 1 rings (SSSR count). The van der Waals surface area contributed by atoms with Gasteiger partial charge in [-0.05, 0) is 43.5 Å². The van der Waals surface area contributed by atoms with Crippen molar-refractivity contribution < 1.29 is 4.43 Å². The first-order valence-electron chi connectivity index (χ1n) is 6.64. The van der Waals surface area contributed by atoms with E-state index < -0.39 is 8.32 Å². The van der Waals surface area contributed by atoms with Crippen molar-refractivity contribution in [1.29, 1.82) is 0 Å². The number of allylic oxidation sites excluding steroid dienone is 2. The van der Waals surface area contributed by atoms with E-state index in [0.29, 0.717) is 11.0 Å². The highest BCUT2D eigenvalue weighted by Crippen LogP contribution is 2.39. The zero-order valence-electron chi connectivity index (χ0n) is 12.4. The van der Waals surface area contributed by atoms with Gasteiger partial charge in [0.15, 0.2) is 8.32 Å². The van der Waals surface area contributed by atoms with Crippen molar-refractivity contribution in [2.75, 3.05) is 6.61 Å². The third kappa shape index (κ3) is 3.32. The van der Waals surface area contributed by atoms with Crippen molar-refractivity contribution in [3.05, 3.63) is 23.8 Å². The first kappa shape index (κ1) is 14.7. The summed E-state index contributed by atoms with van der Waals surface area (Å²) in [6, 6.07) is 0. The Morgan fingerprint density at radius 3 is 2.47 bits per heavy atom. The Balaban J connectivity index is 2.68. The molecule has 0 aliphatic heterocycles. The van der Waals surface area contributed by atoms with E-state index in [1.807, 2.05) is 0 Å². The zero-order valence-corrected chi connectivity index (χ0v) is 13.4. The molecule has 0 spiro atoms. The summed E-state index contributed by atoms with van der Waals surface area (Å²) in [6.45, 7) is 18.5. The van der Waals surface area contributed by atoms with E-state index in [1.54, 1.807) is 0 Å². The molecule has 17 heavy (non-hydrogen) atoms. The zero-order chi connectivity index (χ0) is 13.3. The molecular weight excluding hydrogens is 224 g/mol. The van der Waals surface area contributed by atoms with Gasteiger partial charge in [0.2, 0.25) is 0 Å². The molecule has 0 aromatic rings. The van der Waals surface area contributed by atoms with Crippen LogP contribution in [0, 0.1) is 5.92 Å². The molecule has 0 saturated heterocycles. The fraction of sp³-hybridized carbons (Fsp3) is 0.733. The highest BCUT2D eigenvalue weighted by Gasteiger charge is 2.37. The van der Waals surface area contributed by atoms with E-state index in [9.17, 15) is 0 Å². The Hall–Kier alpha value is -0.343. The Morgan fingerprint density at radius 2 is 2.00 bits per heavy atom. The van der Waals surface area contributed by atoms with E-state index in [2.05, 4.69) is 53.4 Å². The van der Waals surface area contributed by atoms with Crippen LogP contribution in [0.2, 0.25) is 18.1 Å². The third-order valence-electron chi connectivity index (χ3n) is 4.51. The molecule has 0 aromatic carbocycles. The summed E-state index contributed by atoms with van der Waals surface area (Å²) < 4.78 is 6.31. The molecule has 2 heteroatoms. The fourth-order valence-corrected chi connectivity index (χ4v) is 2.94. The molecule has 0 N–H and O–H groups in total. The largest absolute Gasteiger partial charge is 0.413 e. The number of hydrogen-bond donors (Lipinski definition) is 0.